The number of allylic oxidation sites excluding steroid dienone is 2. The van der Waals surface area contributed by atoms with Gasteiger partial charge in [-0.3, -0.25) is 4.79 Å². The molecule has 1 amide bonds. The summed E-state index contributed by atoms with van der Waals surface area (Å²) in [5.74, 6) is 2.77. The zero-order valence-corrected chi connectivity index (χ0v) is 42.2. The topological polar surface area (TPSA) is 50.8 Å². The molecule has 362 valence electrons. The van der Waals surface area contributed by atoms with Crippen LogP contribution in [-0.4, -0.2) is 49.7 Å². The number of nitrogens with zero attached hydrogens (tertiary/aromatic N) is 1. The van der Waals surface area contributed by atoms with Gasteiger partial charge in [0.25, 0.3) is 5.91 Å². The Balaban J connectivity index is 2.48. The predicted octanol–water partition coefficient (Wildman–Crippen LogP) is 17.4. The fourth-order valence-corrected chi connectivity index (χ4v) is 8.77. The Labute approximate surface area is 391 Å². The molecule has 1 N–H and O–H groups in total. The average Bonchev–Trinajstić information content (AvgIpc) is 3.31. The molecule has 5 nitrogen and oxygen atoms in total. The van der Waals surface area contributed by atoms with Crippen LogP contribution < -0.4 is 5.32 Å². The number of hydrogen-bond acceptors (Lipinski definition) is 4. The van der Waals surface area contributed by atoms with Crippen molar-refractivity contribution in [3.05, 3.63) is 72.0 Å². The van der Waals surface area contributed by atoms with Crippen molar-refractivity contribution < 1.29 is 14.3 Å². The molecule has 0 unspecified atom stereocenters. The van der Waals surface area contributed by atoms with Crippen molar-refractivity contribution >= 4 is 5.91 Å². The van der Waals surface area contributed by atoms with Gasteiger partial charge in [-0.2, -0.15) is 0 Å². The van der Waals surface area contributed by atoms with Crippen LogP contribution in [0.5, 0.6) is 0 Å². The Hall–Kier alpha value is -2.71. The molecule has 0 aliphatic heterocycles. The lowest BCUT2D eigenvalue weighted by Crippen LogP contribution is -2.31. The van der Waals surface area contributed by atoms with Gasteiger partial charge in [0.2, 0.25) is 0 Å². The van der Waals surface area contributed by atoms with Gasteiger partial charge in [0, 0.05) is 24.9 Å². The third-order valence-electron chi connectivity index (χ3n) is 12.9. The third kappa shape index (κ3) is 35.3. The molecule has 0 heterocycles. The number of unbranched alkanes of at least 4 members (excludes halogenated alkanes) is 20. The summed E-state index contributed by atoms with van der Waals surface area (Å²) in [7, 11) is 0. The maximum Gasteiger partial charge on any atom is 0.251 e. The second-order valence-electron chi connectivity index (χ2n) is 18.7. The van der Waals surface area contributed by atoms with Crippen LogP contribution in [0.3, 0.4) is 0 Å². The largest absolute Gasteiger partial charge is 0.490 e. The lowest BCUT2D eigenvalue weighted by molar-refractivity contribution is 0.0890. The Morgan fingerprint density at radius 3 is 1.52 bits per heavy atom. The summed E-state index contributed by atoms with van der Waals surface area (Å²) in [5, 5.41) is 3.14. The molecular weight excluding hydrogens is 773 g/mol. The van der Waals surface area contributed by atoms with Crippen molar-refractivity contribution in [1.29, 1.82) is 0 Å². The minimum absolute atomic E-state index is 0.0242. The van der Waals surface area contributed by atoms with Gasteiger partial charge in [-0.1, -0.05) is 212 Å². The van der Waals surface area contributed by atoms with E-state index in [1.807, 2.05) is 30.3 Å². The molecule has 0 saturated heterocycles. The molecule has 1 rings (SSSR count). The van der Waals surface area contributed by atoms with E-state index in [2.05, 4.69) is 62.5 Å². The van der Waals surface area contributed by atoms with Gasteiger partial charge in [-0.15, -0.1) is 0 Å². The summed E-state index contributed by atoms with van der Waals surface area (Å²) in [4.78, 5) is 15.3. The fraction of sp³-hybridized carbons (Fsp3) is 0.776. The van der Waals surface area contributed by atoms with E-state index < -0.39 is 0 Å². The second kappa shape index (κ2) is 44.5. The lowest BCUT2D eigenvalue weighted by atomic mass is 9.93. The number of carbonyl (C=O) groups excluding carboxylic acids is 1. The van der Waals surface area contributed by atoms with Crippen LogP contribution >= 0.6 is 0 Å². The minimum atomic E-state index is 0.0242. The van der Waals surface area contributed by atoms with Crippen molar-refractivity contribution in [3.8, 4) is 0 Å². The Morgan fingerprint density at radius 1 is 0.540 bits per heavy atom. The first-order valence-electron chi connectivity index (χ1n) is 27.1. The summed E-state index contributed by atoms with van der Waals surface area (Å²) in [6.45, 7) is 22.0. The number of nitrogens with one attached hydrogen (secondary N) is 1. The highest BCUT2D eigenvalue weighted by Gasteiger charge is 2.13. The highest BCUT2D eigenvalue weighted by atomic mass is 16.5. The number of ether oxygens (including phenoxy) is 2. The number of hydrogen-bond donors (Lipinski definition) is 1. The van der Waals surface area contributed by atoms with E-state index in [1.54, 1.807) is 0 Å². The number of amides is 1. The molecule has 1 aromatic carbocycles. The van der Waals surface area contributed by atoms with E-state index >= 15 is 0 Å². The van der Waals surface area contributed by atoms with Gasteiger partial charge >= 0.3 is 0 Å². The first-order chi connectivity index (χ1) is 31.0. The molecule has 1 aromatic rings. The van der Waals surface area contributed by atoms with Crippen LogP contribution in [-0.2, 0) is 9.47 Å². The first kappa shape index (κ1) is 58.3. The van der Waals surface area contributed by atoms with Gasteiger partial charge in [0.05, 0.1) is 12.7 Å². The van der Waals surface area contributed by atoms with Gasteiger partial charge < -0.3 is 19.7 Å². The standard InChI is InChI=1S/C58H102N2O3/c1-7-13-17-19-23-34-45-57(46-35-24-20-18-14-8-2)63-56(12-6)44-33-26-22-28-37-50-60(51-38-48-59-58(61)54-41-30-29-31-42-54)49-36-27-21-25-32-43-55(11-5)62-52-47-53(39-15-9-3)40-16-10-4/h29-31,41-42,53,57H,5-10,13-28,32-40,43-52H2,1-4H3,(H,59,61). The van der Waals surface area contributed by atoms with Crippen LogP contribution in [0.1, 0.15) is 256 Å². The minimum Gasteiger partial charge on any atom is -0.490 e. The Bertz CT molecular complexity index is 1240. The number of rotatable bonds is 47. The summed E-state index contributed by atoms with van der Waals surface area (Å²) in [6.07, 6.45) is 42.8. The van der Waals surface area contributed by atoms with Crippen LogP contribution in [0, 0.1) is 5.92 Å². The molecule has 0 radical (unpaired) electrons. The van der Waals surface area contributed by atoms with E-state index in [9.17, 15) is 4.79 Å². The van der Waals surface area contributed by atoms with Crippen molar-refractivity contribution in [2.75, 3.05) is 32.8 Å². The SMILES string of the molecule is C=C=C(CCCCCCCN(CCCCCCCC(=C=C)OC(CCCCCCCC)CCCCCCCC)CCCNC(=O)c1ccccc1)OCCC(CCCC)CCCC. The summed E-state index contributed by atoms with van der Waals surface area (Å²) < 4.78 is 12.8. The zero-order valence-electron chi connectivity index (χ0n) is 42.2. The van der Waals surface area contributed by atoms with Crippen molar-refractivity contribution in [2.24, 2.45) is 5.92 Å². The van der Waals surface area contributed by atoms with E-state index in [0.717, 1.165) is 87.8 Å². The quantitative estimate of drug-likeness (QED) is 0.0403. The first-order valence-corrected chi connectivity index (χ1v) is 27.1. The molecule has 5 heteroatoms. The molecule has 63 heavy (non-hydrogen) atoms. The molecular formula is C58H102N2O3. The third-order valence-corrected chi connectivity index (χ3v) is 12.9. The maximum absolute atomic E-state index is 12.6. The van der Waals surface area contributed by atoms with Gasteiger partial charge in [0.15, 0.2) is 0 Å². The molecule has 0 bridgehead atoms. The molecule has 0 saturated carbocycles. The zero-order chi connectivity index (χ0) is 45.7. The van der Waals surface area contributed by atoms with E-state index in [1.165, 1.54) is 180 Å². The number of benzene rings is 1. The lowest BCUT2D eigenvalue weighted by Gasteiger charge is -2.22. The van der Waals surface area contributed by atoms with Gasteiger partial charge in [-0.25, -0.2) is 0 Å². The molecule has 0 fully saturated rings. The smallest absolute Gasteiger partial charge is 0.251 e. The van der Waals surface area contributed by atoms with Gasteiger partial charge in [0.1, 0.15) is 11.5 Å². The van der Waals surface area contributed by atoms with E-state index in [-0.39, 0.29) is 5.91 Å². The molecule has 0 atom stereocenters. The van der Waals surface area contributed by atoms with E-state index in [0.29, 0.717) is 12.6 Å². The van der Waals surface area contributed by atoms with Crippen LogP contribution in [0.25, 0.3) is 0 Å². The van der Waals surface area contributed by atoms with Crippen LogP contribution in [0.4, 0.5) is 0 Å². The summed E-state index contributed by atoms with van der Waals surface area (Å²) in [5.41, 5.74) is 7.02. The highest BCUT2D eigenvalue weighted by Crippen LogP contribution is 2.23. The molecule has 0 aliphatic carbocycles. The highest BCUT2D eigenvalue weighted by molar-refractivity contribution is 5.94. The molecule has 0 aliphatic rings. The Kier molecular flexibility index (Phi) is 41.2. The van der Waals surface area contributed by atoms with Crippen molar-refractivity contribution in [2.45, 2.75) is 252 Å². The van der Waals surface area contributed by atoms with Crippen molar-refractivity contribution in [3.63, 3.8) is 0 Å². The van der Waals surface area contributed by atoms with E-state index in [4.69, 9.17) is 9.47 Å². The van der Waals surface area contributed by atoms with Crippen molar-refractivity contribution in [1.82, 2.24) is 10.2 Å². The number of carbonyl (C=O) groups is 1. The van der Waals surface area contributed by atoms with Gasteiger partial charge in [-0.05, 0) is 102 Å². The second-order valence-corrected chi connectivity index (χ2v) is 18.7. The maximum atomic E-state index is 12.6. The molecule has 0 spiro atoms. The van der Waals surface area contributed by atoms with Crippen LogP contribution in [0.2, 0.25) is 0 Å². The monoisotopic (exact) mass is 875 g/mol. The summed E-state index contributed by atoms with van der Waals surface area (Å²) in [6, 6.07) is 9.57. The van der Waals surface area contributed by atoms with Crippen LogP contribution in [0.15, 0.2) is 66.5 Å². The normalized spacial score (nSPS) is 11.3. The fourth-order valence-electron chi connectivity index (χ4n) is 8.77. The summed E-state index contributed by atoms with van der Waals surface area (Å²) >= 11 is 0. The Morgan fingerprint density at radius 2 is 1.00 bits per heavy atom. The predicted molar refractivity (Wildman–Crippen MR) is 275 cm³/mol. The molecule has 0 aromatic heterocycles. The average molecular weight is 875 g/mol.